The number of hydrogen-bond acceptors (Lipinski definition) is 8. The van der Waals surface area contributed by atoms with Crippen LogP contribution in [0, 0.1) is 5.82 Å². The summed E-state index contributed by atoms with van der Waals surface area (Å²) in [4.78, 5) is 20.9. The topological polar surface area (TPSA) is 134 Å². The lowest BCUT2D eigenvalue weighted by molar-refractivity contribution is 0.0906. The van der Waals surface area contributed by atoms with E-state index in [0.29, 0.717) is 28.4 Å². The maximum atomic E-state index is 15.1. The fourth-order valence-electron chi connectivity index (χ4n) is 4.19. The molecule has 10 nitrogen and oxygen atoms in total. The van der Waals surface area contributed by atoms with Crippen LogP contribution < -0.4 is 16.0 Å². The van der Waals surface area contributed by atoms with Crippen molar-refractivity contribution in [1.82, 2.24) is 36.0 Å². The van der Waals surface area contributed by atoms with Gasteiger partial charge >= 0.3 is 11.8 Å². The second kappa shape index (κ2) is 9.65. The Morgan fingerprint density at radius 2 is 2.14 bits per heavy atom. The third kappa shape index (κ3) is 4.92. The van der Waals surface area contributed by atoms with Crippen LogP contribution in [0.5, 0.6) is 0 Å². The number of benzene rings is 1. The summed E-state index contributed by atoms with van der Waals surface area (Å²) in [5, 5.41) is 21.6. The van der Waals surface area contributed by atoms with Gasteiger partial charge in [0.15, 0.2) is 17.3 Å². The predicted octanol–water partition coefficient (Wildman–Crippen LogP) is 3.54. The Balaban J connectivity index is 1.34. The van der Waals surface area contributed by atoms with Crippen LogP contribution in [-0.4, -0.2) is 50.4 Å². The first-order valence-electron chi connectivity index (χ1n) is 12.0. The van der Waals surface area contributed by atoms with E-state index in [1.807, 2.05) is 32.9 Å². The van der Waals surface area contributed by atoms with E-state index in [9.17, 15) is 4.79 Å². The van der Waals surface area contributed by atoms with Gasteiger partial charge in [-0.1, -0.05) is 38.1 Å². The second-order valence-corrected chi connectivity index (χ2v) is 10.0. The molecule has 0 aliphatic carbocycles. The van der Waals surface area contributed by atoms with Crippen molar-refractivity contribution in [3.8, 4) is 11.1 Å². The monoisotopic (exact) mass is 492 g/mol. The molecule has 188 valence electrons. The zero-order chi connectivity index (χ0) is 25.3. The van der Waals surface area contributed by atoms with Crippen molar-refractivity contribution < 1.29 is 13.7 Å². The molecule has 3 aromatic heterocycles. The highest BCUT2D eigenvalue weighted by Gasteiger charge is 2.24. The Bertz CT molecular complexity index is 1380. The number of rotatable bonds is 6. The second-order valence-electron chi connectivity index (χ2n) is 10.0. The van der Waals surface area contributed by atoms with Crippen molar-refractivity contribution in [1.29, 1.82) is 0 Å². The first-order chi connectivity index (χ1) is 17.3. The Kier molecular flexibility index (Phi) is 6.40. The highest BCUT2D eigenvalue weighted by atomic mass is 19.1. The maximum absolute atomic E-state index is 15.1. The molecule has 1 saturated heterocycles. The molecule has 36 heavy (non-hydrogen) atoms. The minimum atomic E-state index is -0.552. The Morgan fingerprint density at radius 1 is 1.28 bits per heavy atom. The third-order valence-corrected chi connectivity index (χ3v) is 6.19. The first-order valence-corrected chi connectivity index (χ1v) is 12.0. The average molecular weight is 493 g/mol. The molecule has 1 aromatic carbocycles. The summed E-state index contributed by atoms with van der Waals surface area (Å²) >= 11 is 0. The van der Waals surface area contributed by atoms with Crippen LogP contribution in [0.25, 0.3) is 22.2 Å². The summed E-state index contributed by atoms with van der Waals surface area (Å²) in [5.41, 5.74) is 2.12. The molecule has 0 saturated carbocycles. The number of fused-ring (bicyclic) bond motifs is 1. The van der Waals surface area contributed by atoms with Crippen LogP contribution in [0.2, 0.25) is 0 Å². The van der Waals surface area contributed by atoms with Crippen LogP contribution >= 0.6 is 0 Å². The summed E-state index contributed by atoms with van der Waals surface area (Å²) in [5.74, 6) is -0.00601. The van der Waals surface area contributed by atoms with Gasteiger partial charge in [-0.25, -0.2) is 9.37 Å². The van der Waals surface area contributed by atoms with E-state index in [0.717, 1.165) is 36.9 Å². The van der Waals surface area contributed by atoms with E-state index < -0.39 is 11.7 Å². The number of carbonyl (C=O) groups is 1. The van der Waals surface area contributed by atoms with Gasteiger partial charge in [0.1, 0.15) is 5.82 Å². The van der Waals surface area contributed by atoms with E-state index in [2.05, 4.69) is 41.3 Å². The normalized spacial score (nSPS) is 16.3. The standard InChI is InChI=1S/C25H29FN8O2/c1-25(2,3)24-31-23(36-34-24)22(35)29-12-15-7-6-14(11-18(15)26)17-8-10-28-20-19(17)21(33-32-20)30-16-5-4-9-27-13-16/h6-8,10-11,16,27H,4-5,9,12-13H2,1-3H3,(H,29,35)(H2,28,30,32,33)/t16-/m0/s1. The van der Waals surface area contributed by atoms with Crippen LogP contribution in [-0.2, 0) is 12.0 Å². The maximum Gasteiger partial charge on any atom is 0.315 e. The number of nitrogens with zero attached hydrogens (tertiary/aromatic N) is 4. The molecule has 0 unspecified atom stereocenters. The van der Waals surface area contributed by atoms with Crippen molar-refractivity contribution in [2.45, 2.75) is 51.6 Å². The number of H-pyrrole nitrogens is 1. The van der Waals surface area contributed by atoms with Gasteiger partial charge in [-0.15, -0.1) is 0 Å². The Labute approximate surface area is 207 Å². The molecule has 1 aliphatic heterocycles. The minimum Gasteiger partial charge on any atom is -0.364 e. The summed E-state index contributed by atoms with van der Waals surface area (Å²) in [6, 6.07) is 7.05. The number of pyridine rings is 1. The SMILES string of the molecule is CC(C)(C)c1noc(C(=O)NCc2ccc(-c3ccnc4[nH]nc(N[C@H]5CCCNC5)c34)cc2F)n1. The van der Waals surface area contributed by atoms with Gasteiger partial charge in [-0.3, -0.25) is 9.89 Å². The summed E-state index contributed by atoms with van der Waals surface area (Å²) in [6.07, 6.45) is 3.82. The number of aromatic nitrogens is 5. The van der Waals surface area contributed by atoms with E-state index in [1.54, 1.807) is 12.3 Å². The van der Waals surface area contributed by atoms with Crippen molar-refractivity contribution in [2.75, 3.05) is 18.4 Å². The van der Waals surface area contributed by atoms with Crippen LogP contribution in [0.4, 0.5) is 10.2 Å². The minimum absolute atomic E-state index is 0.0167. The summed E-state index contributed by atoms with van der Waals surface area (Å²) in [7, 11) is 0. The van der Waals surface area contributed by atoms with Crippen molar-refractivity contribution in [2.24, 2.45) is 0 Å². The lowest BCUT2D eigenvalue weighted by Gasteiger charge is -2.24. The van der Waals surface area contributed by atoms with Gasteiger partial charge in [0.25, 0.3) is 0 Å². The molecular weight excluding hydrogens is 463 g/mol. The number of aromatic amines is 1. The molecule has 5 rings (SSSR count). The van der Waals surface area contributed by atoms with Gasteiger partial charge in [0, 0.05) is 36.3 Å². The number of amides is 1. The number of hydrogen-bond donors (Lipinski definition) is 4. The molecule has 4 N–H and O–H groups in total. The average Bonchev–Trinajstić information content (AvgIpc) is 3.52. The largest absolute Gasteiger partial charge is 0.364 e. The smallest absolute Gasteiger partial charge is 0.315 e. The van der Waals surface area contributed by atoms with E-state index in [-0.39, 0.29) is 23.9 Å². The van der Waals surface area contributed by atoms with Crippen LogP contribution in [0.15, 0.2) is 35.0 Å². The Hall–Kier alpha value is -3.86. The lowest BCUT2D eigenvalue weighted by atomic mass is 9.96. The quantitative estimate of drug-likeness (QED) is 0.321. The van der Waals surface area contributed by atoms with Crippen molar-refractivity contribution in [3.05, 3.63) is 53.6 Å². The molecule has 11 heteroatoms. The van der Waals surface area contributed by atoms with Gasteiger partial charge in [0.2, 0.25) is 0 Å². The predicted molar refractivity (Wildman–Crippen MR) is 133 cm³/mol. The fourth-order valence-corrected chi connectivity index (χ4v) is 4.19. The molecule has 4 heterocycles. The molecule has 0 spiro atoms. The molecule has 0 radical (unpaired) electrons. The molecule has 1 aliphatic rings. The highest BCUT2D eigenvalue weighted by Crippen LogP contribution is 2.33. The fraction of sp³-hybridized carbons (Fsp3) is 0.400. The molecule has 4 aromatic rings. The molecule has 1 amide bonds. The zero-order valence-electron chi connectivity index (χ0n) is 20.5. The molecule has 1 fully saturated rings. The number of anilines is 1. The third-order valence-electron chi connectivity index (χ3n) is 6.19. The van der Waals surface area contributed by atoms with Crippen molar-refractivity contribution in [3.63, 3.8) is 0 Å². The van der Waals surface area contributed by atoms with Crippen LogP contribution in [0.1, 0.15) is 55.7 Å². The Morgan fingerprint density at radius 3 is 2.86 bits per heavy atom. The summed E-state index contributed by atoms with van der Waals surface area (Å²) < 4.78 is 20.1. The first kappa shape index (κ1) is 23.9. The number of carbonyl (C=O) groups excluding carboxylic acids is 1. The van der Waals surface area contributed by atoms with Gasteiger partial charge in [-0.2, -0.15) is 10.1 Å². The lowest BCUT2D eigenvalue weighted by Crippen LogP contribution is -2.38. The van der Waals surface area contributed by atoms with Crippen LogP contribution in [0.3, 0.4) is 0 Å². The van der Waals surface area contributed by atoms with Crippen molar-refractivity contribution >= 4 is 22.8 Å². The molecule has 1 atom stereocenters. The number of halogens is 1. The van der Waals surface area contributed by atoms with E-state index in [4.69, 9.17) is 4.52 Å². The van der Waals surface area contributed by atoms with Gasteiger partial charge in [-0.05, 0) is 42.6 Å². The summed E-state index contributed by atoms with van der Waals surface area (Å²) in [6.45, 7) is 7.62. The molecular formula is C25H29FN8O2. The van der Waals surface area contributed by atoms with Gasteiger partial charge in [0.05, 0.1) is 5.39 Å². The number of piperidine rings is 1. The number of nitrogens with one attached hydrogen (secondary N) is 4. The zero-order valence-corrected chi connectivity index (χ0v) is 20.5. The highest BCUT2D eigenvalue weighted by molar-refractivity contribution is 6.00. The van der Waals surface area contributed by atoms with E-state index >= 15 is 4.39 Å². The van der Waals surface area contributed by atoms with E-state index in [1.165, 1.54) is 6.07 Å². The van der Waals surface area contributed by atoms with Gasteiger partial charge < -0.3 is 20.5 Å². The molecule has 0 bridgehead atoms.